The van der Waals surface area contributed by atoms with Crippen molar-refractivity contribution in [2.24, 2.45) is 0 Å². The molecular formula is C12H10BrClN4O. The van der Waals surface area contributed by atoms with E-state index < -0.39 is 0 Å². The van der Waals surface area contributed by atoms with Crippen LogP contribution in [0.25, 0.3) is 0 Å². The van der Waals surface area contributed by atoms with Crippen molar-refractivity contribution in [3.8, 4) is 0 Å². The average Bonchev–Trinajstić information content (AvgIpc) is 2.42. The topological polar surface area (TPSA) is 66.9 Å². The van der Waals surface area contributed by atoms with Gasteiger partial charge in [0.1, 0.15) is 5.82 Å². The highest BCUT2D eigenvalue weighted by molar-refractivity contribution is 9.10. The summed E-state index contributed by atoms with van der Waals surface area (Å²) in [6, 6.07) is 3.28. The number of pyridine rings is 2. The van der Waals surface area contributed by atoms with E-state index >= 15 is 0 Å². The molecule has 7 heteroatoms. The Bertz CT molecular complexity index is 620. The third-order valence-corrected chi connectivity index (χ3v) is 3.31. The van der Waals surface area contributed by atoms with Gasteiger partial charge in [-0.3, -0.25) is 9.78 Å². The molecule has 2 N–H and O–H groups in total. The maximum atomic E-state index is 12.2. The van der Waals surface area contributed by atoms with E-state index in [2.05, 4.69) is 36.5 Å². The minimum absolute atomic E-state index is 0.293. The van der Waals surface area contributed by atoms with E-state index in [4.69, 9.17) is 11.6 Å². The van der Waals surface area contributed by atoms with Gasteiger partial charge in [0.05, 0.1) is 20.7 Å². The van der Waals surface area contributed by atoms with Gasteiger partial charge < -0.3 is 10.6 Å². The Balaban J connectivity index is 2.28. The van der Waals surface area contributed by atoms with E-state index in [1.54, 1.807) is 31.6 Å². The summed E-state index contributed by atoms with van der Waals surface area (Å²) in [6.45, 7) is 0. The lowest BCUT2D eigenvalue weighted by Gasteiger charge is -2.09. The molecule has 0 aliphatic rings. The van der Waals surface area contributed by atoms with E-state index in [9.17, 15) is 4.79 Å². The van der Waals surface area contributed by atoms with Gasteiger partial charge >= 0.3 is 0 Å². The van der Waals surface area contributed by atoms with Gasteiger partial charge in [-0.2, -0.15) is 0 Å². The number of anilines is 2. The number of hydrogen-bond donors (Lipinski definition) is 2. The molecule has 2 aromatic rings. The number of nitrogens with one attached hydrogen (secondary N) is 2. The van der Waals surface area contributed by atoms with Crippen molar-refractivity contribution in [2.75, 3.05) is 17.7 Å². The second-order valence-electron chi connectivity index (χ2n) is 3.61. The highest BCUT2D eigenvalue weighted by Gasteiger charge is 2.13. The molecule has 0 saturated heterocycles. The molecule has 0 aliphatic heterocycles. The van der Waals surface area contributed by atoms with E-state index in [1.165, 1.54) is 6.20 Å². The third-order valence-electron chi connectivity index (χ3n) is 2.38. The minimum Gasteiger partial charge on any atom is -0.373 e. The van der Waals surface area contributed by atoms with Crippen LogP contribution in [0.2, 0.25) is 5.02 Å². The molecule has 19 heavy (non-hydrogen) atoms. The van der Waals surface area contributed by atoms with Crippen LogP contribution in [0.5, 0.6) is 0 Å². The summed E-state index contributed by atoms with van der Waals surface area (Å²) in [5.74, 6) is 0.263. The van der Waals surface area contributed by atoms with Crippen LogP contribution in [0.3, 0.4) is 0 Å². The lowest BCUT2D eigenvalue weighted by atomic mass is 10.2. The first kappa shape index (κ1) is 13.8. The maximum absolute atomic E-state index is 12.2. The quantitative estimate of drug-likeness (QED) is 0.900. The fraction of sp³-hybridized carbons (Fsp3) is 0.0833. The summed E-state index contributed by atoms with van der Waals surface area (Å²) in [5, 5.41) is 5.90. The van der Waals surface area contributed by atoms with Crippen LogP contribution in [-0.2, 0) is 0 Å². The molecule has 0 aromatic carbocycles. The fourth-order valence-corrected chi connectivity index (χ4v) is 1.95. The van der Waals surface area contributed by atoms with Crippen LogP contribution in [0.1, 0.15) is 10.4 Å². The monoisotopic (exact) mass is 340 g/mol. The molecule has 0 aliphatic carbocycles. The highest BCUT2D eigenvalue weighted by atomic mass is 79.9. The molecular weight excluding hydrogens is 332 g/mol. The Morgan fingerprint density at radius 3 is 2.89 bits per heavy atom. The van der Waals surface area contributed by atoms with E-state index in [0.717, 1.165) is 0 Å². The summed E-state index contributed by atoms with van der Waals surface area (Å²) in [4.78, 5) is 20.1. The molecule has 0 radical (unpaired) electrons. The average molecular weight is 342 g/mol. The highest BCUT2D eigenvalue weighted by Crippen LogP contribution is 2.23. The molecule has 1 amide bonds. The second-order valence-corrected chi connectivity index (χ2v) is 4.87. The van der Waals surface area contributed by atoms with Crippen molar-refractivity contribution >= 4 is 44.9 Å². The molecule has 2 heterocycles. The van der Waals surface area contributed by atoms with E-state index in [-0.39, 0.29) is 5.91 Å². The van der Waals surface area contributed by atoms with Gasteiger partial charge in [-0.1, -0.05) is 11.6 Å². The fourth-order valence-electron chi connectivity index (χ4n) is 1.42. The lowest BCUT2D eigenvalue weighted by molar-refractivity contribution is 0.102. The third kappa shape index (κ3) is 3.21. The van der Waals surface area contributed by atoms with Crippen LogP contribution in [0, 0.1) is 0 Å². The van der Waals surface area contributed by atoms with Gasteiger partial charge in [-0.25, -0.2) is 4.98 Å². The molecule has 2 rings (SSSR count). The minimum atomic E-state index is -0.309. The van der Waals surface area contributed by atoms with Crippen molar-refractivity contribution in [1.82, 2.24) is 9.97 Å². The van der Waals surface area contributed by atoms with Crippen molar-refractivity contribution in [3.63, 3.8) is 0 Å². The number of halogens is 2. The standard InChI is InChI=1S/C12H10BrClN4O/c1-15-11-4-7(9(14)6-17-11)12(19)18-10-2-3-16-5-8(10)13/h2-6H,1H3,(H,15,17)(H,16,18,19). The maximum Gasteiger partial charge on any atom is 0.257 e. The molecule has 0 saturated carbocycles. The zero-order valence-corrected chi connectivity index (χ0v) is 12.3. The molecule has 0 fully saturated rings. The van der Waals surface area contributed by atoms with Crippen LogP contribution in [0.15, 0.2) is 35.2 Å². The number of aromatic nitrogens is 2. The molecule has 2 aromatic heterocycles. The first-order valence-corrected chi connectivity index (χ1v) is 6.53. The number of hydrogen-bond acceptors (Lipinski definition) is 4. The Hall–Kier alpha value is -1.66. The van der Waals surface area contributed by atoms with E-state index in [1.807, 2.05) is 0 Å². The molecule has 98 valence electrons. The van der Waals surface area contributed by atoms with Gasteiger partial charge in [-0.15, -0.1) is 0 Å². The second kappa shape index (κ2) is 5.99. The summed E-state index contributed by atoms with van der Waals surface area (Å²) < 4.78 is 0.697. The number of nitrogens with zero attached hydrogens (tertiary/aromatic N) is 2. The zero-order valence-electron chi connectivity index (χ0n) is 9.95. The zero-order chi connectivity index (χ0) is 13.8. The van der Waals surface area contributed by atoms with Crippen LogP contribution in [-0.4, -0.2) is 22.9 Å². The number of carbonyl (C=O) groups excluding carboxylic acids is 1. The largest absolute Gasteiger partial charge is 0.373 e. The van der Waals surface area contributed by atoms with Crippen LogP contribution in [0.4, 0.5) is 11.5 Å². The number of rotatable bonds is 3. The van der Waals surface area contributed by atoms with E-state index in [0.29, 0.717) is 26.6 Å². The number of carbonyl (C=O) groups is 1. The molecule has 0 atom stereocenters. The molecule has 0 unspecified atom stereocenters. The SMILES string of the molecule is CNc1cc(C(=O)Nc2ccncc2Br)c(Cl)cn1. The van der Waals surface area contributed by atoms with Gasteiger partial charge in [0, 0.05) is 25.6 Å². The molecule has 0 bridgehead atoms. The lowest BCUT2D eigenvalue weighted by Crippen LogP contribution is -2.13. The summed E-state index contributed by atoms with van der Waals surface area (Å²) in [5.41, 5.74) is 0.976. The Kier molecular flexibility index (Phi) is 4.34. The molecule has 5 nitrogen and oxygen atoms in total. The van der Waals surface area contributed by atoms with Gasteiger partial charge in [0.2, 0.25) is 0 Å². The summed E-state index contributed by atoms with van der Waals surface area (Å²) in [6.07, 6.45) is 4.63. The summed E-state index contributed by atoms with van der Waals surface area (Å²) >= 11 is 9.29. The number of amides is 1. The predicted octanol–water partition coefficient (Wildman–Crippen LogP) is 3.19. The Morgan fingerprint density at radius 1 is 1.42 bits per heavy atom. The van der Waals surface area contributed by atoms with Crippen LogP contribution >= 0.6 is 27.5 Å². The Morgan fingerprint density at radius 2 is 2.21 bits per heavy atom. The predicted molar refractivity (Wildman–Crippen MR) is 78.7 cm³/mol. The smallest absolute Gasteiger partial charge is 0.257 e. The Labute approximate surface area is 123 Å². The van der Waals surface area contributed by atoms with Crippen molar-refractivity contribution in [3.05, 3.63) is 45.8 Å². The van der Waals surface area contributed by atoms with Gasteiger partial charge in [0.15, 0.2) is 0 Å². The van der Waals surface area contributed by atoms with Crippen molar-refractivity contribution < 1.29 is 4.79 Å². The van der Waals surface area contributed by atoms with Crippen molar-refractivity contribution in [2.45, 2.75) is 0 Å². The first-order chi connectivity index (χ1) is 9.11. The van der Waals surface area contributed by atoms with Crippen LogP contribution < -0.4 is 10.6 Å². The first-order valence-electron chi connectivity index (χ1n) is 5.36. The van der Waals surface area contributed by atoms with Crippen molar-refractivity contribution in [1.29, 1.82) is 0 Å². The summed E-state index contributed by atoms with van der Waals surface area (Å²) in [7, 11) is 1.72. The molecule has 0 spiro atoms. The van der Waals surface area contributed by atoms with Gasteiger partial charge in [-0.05, 0) is 28.1 Å². The normalized spacial score (nSPS) is 10.1. The van der Waals surface area contributed by atoms with Gasteiger partial charge in [0.25, 0.3) is 5.91 Å².